The molecule has 1 amide bonds. The van der Waals surface area contributed by atoms with Crippen molar-refractivity contribution in [3.63, 3.8) is 0 Å². The summed E-state index contributed by atoms with van der Waals surface area (Å²) in [5, 5.41) is 0. The summed E-state index contributed by atoms with van der Waals surface area (Å²) in [6.45, 7) is 1.50. The Balaban J connectivity index is 2.09. The second-order valence-corrected chi connectivity index (χ2v) is 9.94. The number of nitrogens with one attached hydrogen (secondary N) is 1. The Hall–Kier alpha value is -2.79. The molecule has 9 nitrogen and oxygen atoms in total. The number of carbonyl (C=O) groups is 1. The van der Waals surface area contributed by atoms with Crippen LogP contribution in [0.25, 0.3) is 0 Å². The lowest BCUT2D eigenvalue weighted by molar-refractivity contribution is -0.119. The van der Waals surface area contributed by atoms with Crippen molar-refractivity contribution in [2.75, 3.05) is 29.0 Å². The molecule has 0 spiro atoms. The van der Waals surface area contributed by atoms with Crippen molar-refractivity contribution in [2.24, 2.45) is 5.92 Å². The first kappa shape index (κ1) is 20.9. The Morgan fingerprint density at radius 1 is 1.07 bits per heavy atom. The van der Waals surface area contributed by atoms with Gasteiger partial charge in [0.15, 0.2) is 0 Å². The average Bonchev–Trinajstić information content (AvgIpc) is 2.88. The number of rotatable bonds is 6. The monoisotopic (exact) mass is 440 g/mol. The molecule has 29 heavy (non-hydrogen) atoms. The molecule has 1 atom stereocenters. The molecule has 156 valence electrons. The van der Waals surface area contributed by atoms with Crippen molar-refractivity contribution in [3.05, 3.63) is 42.5 Å². The summed E-state index contributed by atoms with van der Waals surface area (Å²) in [6.07, 6.45) is 0. The van der Waals surface area contributed by atoms with Gasteiger partial charge in [0.25, 0.3) is 10.0 Å². The molecule has 3 rings (SSSR count). The second kappa shape index (κ2) is 7.56. The minimum absolute atomic E-state index is 0.00626. The van der Waals surface area contributed by atoms with Gasteiger partial charge in [-0.25, -0.2) is 21.1 Å². The molecule has 1 heterocycles. The molecular weight excluding hydrogens is 420 g/mol. The van der Waals surface area contributed by atoms with E-state index in [2.05, 4.69) is 4.72 Å². The maximum atomic E-state index is 13.0. The number of carbonyl (C=O) groups excluding carboxylic acids is 1. The van der Waals surface area contributed by atoms with Gasteiger partial charge in [-0.15, -0.1) is 0 Å². The van der Waals surface area contributed by atoms with Crippen LogP contribution < -0.4 is 18.5 Å². The van der Waals surface area contributed by atoms with E-state index in [-0.39, 0.29) is 27.8 Å². The molecule has 0 aromatic heterocycles. The Kier molecular flexibility index (Phi) is 5.46. The largest absolute Gasteiger partial charge is 0.495 e. The van der Waals surface area contributed by atoms with E-state index in [4.69, 9.17) is 9.47 Å². The maximum absolute atomic E-state index is 13.0. The van der Waals surface area contributed by atoms with Gasteiger partial charge in [-0.3, -0.25) is 9.52 Å². The number of nitrogens with zero attached hydrogens (tertiary/aromatic N) is 1. The van der Waals surface area contributed by atoms with Gasteiger partial charge in [-0.05, 0) is 30.3 Å². The quantitative estimate of drug-likeness (QED) is 0.728. The molecule has 1 aliphatic rings. The van der Waals surface area contributed by atoms with Crippen LogP contribution in [-0.2, 0) is 24.8 Å². The highest BCUT2D eigenvalue weighted by atomic mass is 32.2. The van der Waals surface area contributed by atoms with E-state index in [9.17, 15) is 21.6 Å². The highest BCUT2D eigenvalue weighted by Gasteiger charge is 2.42. The molecule has 1 N–H and O–H groups in total. The Morgan fingerprint density at radius 2 is 1.72 bits per heavy atom. The molecule has 0 unspecified atom stereocenters. The molecule has 1 fully saturated rings. The Morgan fingerprint density at radius 3 is 2.31 bits per heavy atom. The van der Waals surface area contributed by atoms with Gasteiger partial charge in [-0.2, -0.15) is 0 Å². The number of sulfonamides is 2. The van der Waals surface area contributed by atoms with Gasteiger partial charge >= 0.3 is 0 Å². The highest BCUT2D eigenvalue weighted by Crippen LogP contribution is 2.35. The van der Waals surface area contributed by atoms with E-state index in [1.54, 1.807) is 18.2 Å². The number of benzene rings is 2. The fourth-order valence-corrected chi connectivity index (χ4v) is 6.09. The minimum Gasteiger partial charge on any atom is -0.495 e. The van der Waals surface area contributed by atoms with E-state index < -0.39 is 31.9 Å². The van der Waals surface area contributed by atoms with Crippen molar-refractivity contribution in [1.29, 1.82) is 0 Å². The molecule has 1 aliphatic heterocycles. The van der Waals surface area contributed by atoms with Crippen LogP contribution in [0.1, 0.15) is 6.92 Å². The molecule has 0 bridgehead atoms. The van der Waals surface area contributed by atoms with Gasteiger partial charge in [0.2, 0.25) is 15.9 Å². The van der Waals surface area contributed by atoms with Gasteiger partial charge in [0.05, 0.1) is 37.3 Å². The first-order chi connectivity index (χ1) is 13.6. The maximum Gasteiger partial charge on any atom is 0.265 e. The number of para-hydroxylation sites is 2. The molecule has 0 aliphatic carbocycles. The molecule has 2 aromatic rings. The van der Waals surface area contributed by atoms with Gasteiger partial charge < -0.3 is 9.47 Å². The third-order valence-electron chi connectivity index (χ3n) is 4.38. The van der Waals surface area contributed by atoms with Crippen LogP contribution in [0.3, 0.4) is 0 Å². The summed E-state index contributed by atoms with van der Waals surface area (Å²) in [5.74, 6) is -1.37. The SMILES string of the molecule is COc1ccccc1NS(=O)(=O)c1cc(N2C(=O)[C@@H](C)CS2(=O)=O)ccc1OC. The zero-order valence-electron chi connectivity index (χ0n) is 15.9. The third-order valence-corrected chi connectivity index (χ3v) is 7.64. The summed E-state index contributed by atoms with van der Waals surface area (Å²) in [6, 6.07) is 10.1. The van der Waals surface area contributed by atoms with Crippen LogP contribution in [0.15, 0.2) is 47.4 Å². The van der Waals surface area contributed by atoms with Crippen LogP contribution in [0, 0.1) is 5.92 Å². The summed E-state index contributed by atoms with van der Waals surface area (Å²) in [5.41, 5.74) is 0.126. The van der Waals surface area contributed by atoms with Crippen molar-refractivity contribution >= 4 is 37.3 Å². The van der Waals surface area contributed by atoms with Gasteiger partial charge in [-0.1, -0.05) is 19.1 Å². The molecule has 0 saturated carbocycles. The van der Waals surface area contributed by atoms with E-state index >= 15 is 0 Å². The normalized spacial score (nSPS) is 18.5. The smallest absolute Gasteiger partial charge is 0.265 e. The Bertz CT molecular complexity index is 1160. The summed E-state index contributed by atoms with van der Waals surface area (Å²) < 4.78 is 64.1. The number of hydrogen-bond donors (Lipinski definition) is 1. The van der Waals surface area contributed by atoms with Crippen LogP contribution in [0.5, 0.6) is 11.5 Å². The Labute approximate surface area is 169 Å². The van der Waals surface area contributed by atoms with E-state index in [0.717, 1.165) is 6.07 Å². The number of methoxy groups -OCH3 is 2. The molecule has 0 radical (unpaired) electrons. The highest BCUT2D eigenvalue weighted by molar-refractivity contribution is 7.94. The number of amides is 1. The zero-order valence-corrected chi connectivity index (χ0v) is 17.6. The van der Waals surface area contributed by atoms with Crippen molar-refractivity contribution in [1.82, 2.24) is 0 Å². The van der Waals surface area contributed by atoms with Crippen molar-refractivity contribution < 1.29 is 31.1 Å². The number of ether oxygens (including phenoxy) is 2. The number of anilines is 2. The zero-order chi connectivity index (χ0) is 21.4. The first-order valence-electron chi connectivity index (χ1n) is 8.51. The average molecular weight is 440 g/mol. The lowest BCUT2D eigenvalue weighted by Crippen LogP contribution is -2.30. The summed E-state index contributed by atoms with van der Waals surface area (Å²) >= 11 is 0. The molecule has 11 heteroatoms. The summed E-state index contributed by atoms with van der Waals surface area (Å²) in [4.78, 5) is 12.0. The molecule has 2 aromatic carbocycles. The predicted molar refractivity (Wildman–Crippen MR) is 107 cm³/mol. The predicted octanol–water partition coefficient (Wildman–Crippen LogP) is 1.82. The van der Waals surface area contributed by atoms with E-state index in [1.165, 1.54) is 39.3 Å². The first-order valence-corrected chi connectivity index (χ1v) is 11.6. The minimum atomic E-state index is -4.20. The van der Waals surface area contributed by atoms with Gasteiger partial charge in [0, 0.05) is 0 Å². The lowest BCUT2D eigenvalue weighted by Gasteiger charge is -2.18. The van der Waals surface area contributed by atoms with Gasteiger partial charge in [0.1, 0.15) is 16.4 Å². The lowest BCUT2D eigenvalue weighted by atomic mass is 10.2. The fraction of sp³-hybridized carbons (Fsp3) is 0.278. The topological polar surface area (TPSA) is 119 Å². The molecule has 1 saturated heterocycles. The fourth-order valence-electron chi connectivity index (χ4n) is 3.02. The van der Waals surface area contributed by atoms with E-state index in [1.807, 2.05) is 0 Å². The van der Waals surface area contributed by atoms with E-state index in [0.29, 0.717) is 10.1 Å². The number of hydrogen-bond acceptors (Lipinski definition) is 7. The van der Waals surface area contributed by atoms with Crippen LogP contribution in [-0.4, -0.2) is 42.7 Å². The standard InChI is InChI=1S/C18H20N2O7S2/c1-12-11-28(22,23)20(18(12)21)13-8-9-16(27-3)17(10-13)29(24,25)19-14-6-4-5-7-15(14)26-2/h4-10,12,19H,11H2,1-3H3/t12-/m0/s1. The summed E-state index contributed by atoms with van der Waals surface area (Å²) in [7, 11) is -5.39. The van der Waals surface area contributed by atoms with Crippen LogP contribution >= 0.6 is 0 Å². The van der Waals surface area contributed by atoms with Crippen molar-refractivity contribution in [2.45, 2.75) is 11.8 Å². The molecular formula is C18H20N2O7S2. The third kappa shape index (κ3) is 3.87. The van der Waals surface area contributed by atoms with Crippen LogP contribution in [0.4, 0.5) is 11.4 Å². The van der Waals surface area contributed by atoms with Crippen LogP contribution in [0.2, 0.25) is 0 Å². The van der Waals surface area contributed by atoms with Crippen molar-refractivity contribution in [3.8, 4) is 11.5 Å². The second-order valence-electron chi connectivity index (χ2n) is 6.42.